The van der Waals surface area contributed by atoms with Crippen LogP contribution < -0.4 is 4.90 Å². The van der Waals surface area contributed by atoms with E-state index in [-0.39, 0.29) is 22.1 Å². The van der Waals surface area contributed by atoms with E-state index in [0.29, 0.717) is 42.6 Å². The van der Waals surface area contributed by atoms with Gasteiger partial charge in [0.2, 0.25) is 5.91 Å². The van der Waals surface area contributed by atoms with E-state index in [1.54, 1.807) is 24.3 Å². The van der Waals surface area contributed by atoms with Crippen molar-refractivity contribution in [2.24, 2.45) is 5.41 Å². The van der Waals surface area contributed by atoms with Gasteiger partial charge in [0.15, 0.2) is 9.84 Å². The van der Waals surface area contributed by atoms with E-state index in [1.165, 1.54) is 6.07 Å². The molecule has 3 rings (SSSR count). The average Bonchev–Trinajstić information content (AvgIpc) is 2.71. The van der Waals surface area contributed by atoms with E-state index < -0.39 is 15.3 Å². The minimum atomic E-state index is -3.63. The lowest BCUT2D eigenvalue weighted by Crippen LogP contribution is -2.52. The Hall–Kier alpha value is -2.63. The zero-order chi connectivity index (χ0) is 23.0. The summed E-state index contributed by atoms with van der Waals surface area (Å²) in [5.74, 6) is 0.498. The van der Waals surface area contributed by atoms with Crippen LogP contribution in [0.2, 0.25) is 5.02 Å². The number of anilines is 1. The van der Waals surface area contributed by atoms with Gasteiger partial charge in [-0.3, -0.25) is 4.79 Å². The average molecular weight is 461 g/mol. The maximum atomic E-state index is 12.6. The molecule has 2 heterocycles. The summed E-state index contributed by atoms with van der Waals surface area (Å²) in [7, 11) is -3.63. The van der Waals surface area contributed by atoms with Gasteiger partial charge in [-0.15, -0.1) is 0 Å². The quantitative estimate of drug-likeness (QED) is 0.696. The Kier molecular flexibility index (Phi) is 6.30. The smallest absolute Gasteiger partial charge is 0.228 e. The highest BCUT2D eigenvalue weighted by atomic mass is 35.5. The fourth-order valence-electron chi connectivity index (χ4n) is 3.50. The molecule has 1 saturated heterocycles. The van der Waals surface area contributed by atoms with E-state index in [9.17, 15) is 18.5 Å². The van der Waals surface area contributed by atoms with Gasteiger partial charge in [-0.2, -0.15) is 5.26 Å². The SMILES string of the molecule is CC(C)(C)C(=O)N1CCN(c2nc(-c3ccc(Cl)cc3)c(S(C)(=O)=O)cc2C#N)CC1. The predicted octanol–water partition coefficient (Wildman–Crippen LogP) is 3.37. The lowest BCUT2D eigenvalue weighted by molar-refractivity contribution is -0.139. The fourth-order valence-corrected chi connectivity index (χ4v) is 4.47. The van der Waals surface area contributed by atoms with Crippen LogP contribution in [0.4, 0.5) is 5.82 Å². The molecule has 0 N–H and O–H groups in total. The van der Waals surface area contributed by atoms with Crippen molar-refractivity contribution < 1.29 is 13.2 Å². The number of nitrogens with zero attached hydrogens (tertiary/aromatic N) is 4. The second-order valence-corrected chi connectivity index (χ2v) is 11.0. The minimum Gasteiger partial charge on any atom is -0.352 e. The molecule has 0 unspecified atom stereocenters. The number of pyridine rings is 1. The van der Waals surface area contributed by atoms with Crippen molar-refractivity contribution in [3.05, 3.63) is 40.9 Å². The molecular formula is C22H25ClN4O3S. The number of rotatable bonds is 3. The molecule has 7 nitrogen and oxygen atoms in total. The first-order valence-corrected chi connectivity index (χ1v) is 12.1. The standard InChI is InChI=1S/C22H25ClN4O3S/c1-22(2,3)21(28)27-11-9-26(10-12-27)20-16(14-24)13-18(31(4,29)30)19(25-20)15-5-7-17(23)8-6-15/h5-8,13H,9-12H2,1-4H3. The summed E-state index contributed by atoms with van der Waals surface area (Å²) in [6, 6.07) is 10.2. The molecular weight excluding hydrogens is 436 g/mol. The van der Waals surface area contributed by atoms with Gasteiger partial charge in [0.1, 0.15) is 11.9 Å². The maximum Gasteiger partial charge on any atom is 0.228 e. The largest absolute Gasteiger partial charge is 0.352 e. The third kappa shape index (κ3) is 5.00. The van der Waals surface area contributed by atoms with E-state index in [2.05, 4.69) is 11.1 Å². The highest BCUT2D eigenvalue weighted by Gasteiger charge is 2.31. The summed E-state index contributed by atoms with van der Waals surface area (Å²) in [6.07, 6.45) is 1.10. The van der Waals surface area contributed by atoms with Crippen LogP contribution in [0.3, 0.4) is 0 Å². The Bertz CT molecular complexity index is 1140. The monoisotopic (exact) mass is 460 g/mol. The Labute approximate surface area is 188 Å². The summed E-state index contributed by atoms with van der Waals surface area (Å²) in [5.41, 5.74) is 0.601. The number of sulfone groups is 1. The van der Waals surface area contributed by atoms with Gasteiger partial charge >= 0.3 is 0 Å². The zero-order valence-electron chi connectivity index (χ0n) is 18.0. The van der Waals surface area contributed by atoms with Gasteiger partial charge in [0, 0.05) is 48.4 Å². The lowest BCUT2D eigenvalue weighted by atomic mass is 9.94. The molecule has 1 aliphatic rings. The van der Waals surface area contributed by atoms with Crippen LogP contribution in [0, 0.1) is 16.7 Å². The number of carbonyl (C=O) groups is 1. The first kappa shape index (κ1) is 23.0. The molecule has 1 fully saturated rings. The number of hydrogen-bond donors (Lipinski definition) is 0. The number of piperazine rings is 1. The Balaban J connectivity index is 2.02. The second-order valence-electron chi connectivity index (χ2n) is 8.63. The normalized spacial score (nSPS) is 15.0. The van der Waals surface area contributed by atoms with Crippen molar-refractivity contribution >= 4 is 33.2 Å². The molecule has 1 amide bonds. The predicted molar refractivity (Wildman–Crippen MR) is 121 cm³/mol. The van der Waals surface area contributed by atoms with E-state index in [1.807, 2.05) is 30.6 Å². The number of halogens is 1. The number of benzene rings is 1. The van der Waals surface area contributed by atoms with Crippen molar-refractivity contribution in [1.82, 2.24) is 9.88 Å². The highest BCUT2D eigenvalue weighted by Crippen LogP contribution is 2.32. The molecule has 1 aromatic carbocycles. The number of carbonyl (C=O) groups excluding carboxylic acids is 1. The molecule has 0 bridgehead atoms. The second kappa shape index (κ2) is 8.48. The lowest BCUT2D eigenvalue weighted by Gasteiger charge is -2.38. The Morgan fingerprint density at radius 2 is 1.71 bits per heavy atom. The molecule has 9 heteroatoms. The molecule has 0 spiro atoms. The van der Waals surface area contributed by atoms with Gasteiger partial charge in [-0.25, -0.2) is 13.4 Å². The van der Waals surface area contributed by atoms with Crippen molar-refractivity contribution in [2.75, 3.05) is 37.3 Å². The molecule has 0 saturated carbocycles. The van der Waals surface area contributed by atoms with E-state index in [0.717, 1.165) is 6.26 Å². The van der Waals surface area contributed by atoms with E-state index in [4.69, 9.17) is 11.6 Å². The van der Waals surface area contributed by atoms with Crippen LogP contribution in [-0.2, 0) is 14.6 Å². The topological polar surface area (TPSA) is 94.4 Å². The number of hydrogen-bond acceptors (Lipinski definition) is 6. The third-order valence-electron chi connectivity index (χ3n) is 5.11. The minimum absolute atomic E-state index is 0.00308. The summed E-state index contributed by atoms with van der Waals surface area (Å²) >= 11 is 5.98. The van der Waals surface area contributed by atoms with Gasteiger partial charge in [-0.1, -0.05) is 44.5 Å². The molecule has 1 aliphatic heterocycles. The fraction of sp³-hybridized carbons (Fsp3) is 0.409. The molecule has 31 heavy (non-hydrogen) atoms. The zero-order valence-corrected chi connectivity index (χ0v) is 19.6. The van der Waals surface area contributed by atoms with Gasteiger partial charge in [0.05, 0.1) is 16.2 Å². The number of amides is 1. The van der Waals surface area contributed by atoms with Crippen LogP contribution in [0.15, 0.2) is 35.2 Å². The van der Waals surface area contributed by atoms with Crippen LogP contribution in [0.25, 0.3) is 11.3 Å². The maximum absolute atomic E-state index is 12.6. The molecule has 164 valence electrons. The molecule has 0 aliphatic carbocycles. The summed E-state index contributed by atoms with van der Waals surface area (Å²) < 4.78 is 24.9. The first-order chi connectivity index (χ1) is 14.4. The highest BCUT2D eigenvalue weighted by molar-refractivity contribution is 7.90. The van der Waals surface area contributed by atoms with Crippen molar-refractivity contribution in [2.45, 2.75) is 25.7 Å². The van der Waals surface area contributed by atoms with E-state index >= 15 is 0 Å². The molecule has 2 aromatic rings. The van der Waals surface area contributed by atoms with Crippen molar-refractivity contribution in [3.63, 3.8) is 0 Å². The third-order valence-corrected chi connectivity index (χ3v) is 6.48. The molecule has 0 atom stereocenters. The van der Waals surface area contributed by atoms with Gasteiger partial charge < -0.3 is 9.80 Å². The summed E-state index contributed by atoms with van der Waals surface area (Å²) in [6.45, 7) is 7.68. The number of nitriles is 1. The Morgan fingerprint density at radius 1 is 1.13 bits per heavy atom. The number of aromatic nitrogens is 1. The summed E-state index contributed by atoms with van der Waals surface area (Å²) in [4.78, 5) is 20.9. The summed E-state index contributed by atoms with van der Waals surface area (Å²) in [5, 5.41) is 10.2. The molecule has 1 aromatic heterocycles. The van der Waals surface area contributed by atoms with Crippen LogP contribution in [-0.4, -0.2) is 56.6 Å². The van der Waals surface area contributed by atoms with Crippen LogP contribution in [0.5, 0.6) is 0 Å². The van der Waals surface area contributed by atoms with Gasteiger partial charge in [-0.05, 0) is 18.2 Å². The van der Waals surface area contributed by atoms with Crippen molar-refractivity contribution in [1.29, 1.82) is 5.26 Å². The Morgan fingerprint density at radius 3 is 2.19 bits per heavy atom. The molecule has 0 radical (unpaired) electrons. The van der Waals surface area contributed by atoms with Gasteiger partial charge in [0.25, 0.3) is 0 Å². The first-order valence-electron chi connectivity index (χ1n) is 9.87. The van der Waals surface area contributed by atoms with Crippen LogP contribution in [0.1, 0.15) is 26.3 Å². The van der Waals surface area contributed by atoms with Crippen molar-refractivity contribution in [3.8, 4) is 17.3 Å². The van der Waals surface area contributed by atoms with Crippen LogP contribution >= 0.6 is 11.6 Å².